The van der Waals surface area contributed by atoms with Crippen molar-refractivity contribution >= 4 is 11.6 Å². The Morgan fingerprint density at radius 2 is 2.33 bits per heavy atom. The molecule has 6 heteroatoms. The van der Waals surface area contributed by atoms with Crippen LogP contribution in [0, 0.1) is 6.92 Å². The van der Waals surface area contributed by atoms with Gasteiger partial charge < -0.3 is 14.7 Å². The third kappa shape index (κ3) is 2.94. The van der Waals surface area contributed by atoms with E-state index in [0.29, 0.717) is 18.3 Å². The van der Waals surface area contributed by atoms with Crippen molar-refractivity contribution < 1.29 is 9.32 Å². The van der Waals surface area contributed by atoms with Crippen molar-refractivity contribution in [3.05, 3.63) is 41.0 Å². The molecule has 1 unspecified atom stereocenters. The maximum Gasteiger partial charge on any atom is 0.280 e. The van der Waals surface area contributed by atoms with Crippen molar-refractivity contribution in [2.75, 3.05) is 18.0 Å². The van der Waals surface area contributed by atoms with Gasteiger partial charge in [-0.2, -0.15) is 0 Å². The summed E-state index contributed by atoms with van der Waals surface area (Å²) in [6.45, 7) is 3.69. The van der Waals surface area contributed by atoms with Crippen LogP contribution in [0.2, 0.25) is 0 Å². The van der Waals surface area contributed by atoms with Crippen molar-refractivity contribution in [2.24, 2.45) is 0 Å². The molecule has 0 aromatic carbocycles. The standard InChI is InChI=1S/C18H22N4O2/c1-12-8-17-15(20-11-12)5-7-22(17)18(23)16-10-14(24-21-16)9-13-4-2-3-6-19-13/h8,10-11,13,19H,2-7,9H2,1H3. The number of anilines is 1. The van der Waals surface area contributed by atoms with Gasteiger partial charge in [-0.15, -0.1) is 0 Å². The highest BCUT2D eigenvalue weighted by Gasteiger charge is 2.29. The Labute approximate surface area is 141 Å². The van der Waals surface area contributed by atoms with Crippen LogP contribution in [0.25, 0.3) is 0 Å². The molecule has 4 rings (SSSR count). The summed E-state index contributed by atoms with van der Waals surface area (Å²) < 4.78 is 5.41. The summed E-state index contributed by atoms with van der Waals surface area (Å²) in [4.78, 5) is 19.0. The van der Waals surface area contributed by atoms with Crippen molar-refractivity contribution in [3.8, 4) is 0 Å². The first-order valence-corrected chi connectivity index (χ1v) is 8.67. The number of aryl methyl sites for hydroxylation is 1. The quantitative estimate of drug-likeness (QED) is 0.937. The highest BCUT2D eigenvalue weighted by Crippen LogP contribution is 2.28. The van der Waals surface area contributed by atoms with Crippen molar-refractivity contribution in [2.45, 2.75) is 45.1 Å². The lowest BCUT2D eigenvalue weighted by atomic mass is 10.0. The molecule has 0 spiro atoms. The van der Waals surface area contributed by atoms with Crippen LogP contribution < -0.4 is 10.2 Å². The van der Waals surface area contributed by atoms with Crippen molar-refractivity contribution in [1.82, 2.24) is 15.5 Å². The molecule has 0 aliphatic carbocycles. The van der Waals surface area contributed by atoms with E-state index in [9.17, 15) is 4.79 Å². The van der Waals surface area contributed by atoms with Crippen molar-refractivity contribution in [3.63, 3.8) is 0 Å². The molecule has 1 saturated heterocycles. The second-order valence-corrected chi connectivity index (χ2v) is 6.71. The highest BCUT2D eigenvalue weighted by molar-refractivity contribution is 6.05. The molecule has 1 fully saturated rings. The maximum absolute atomic E-state index is 12.8. The smallest absolute Gasteiger partial charge is 0.280 e. The van der Waals surface area contributed by atoms with E-state index in [4.69, 9.17) is 4.52 Å². The predicted molar refractivity (Wildman–Crippen MR) is 90.2 cm³/mol. The van der Waals surface area contributed by atoms with Crippen LogP contribution in [0.1, 0.15) is 46.8 Å². The van der Waals surface area contributed by atoms with Gasteiger partial charge in [0.1, 0.15) is 5.76 Å². The molecule has 2 aliphatic rings. The summed E-state index contributed by atoms with van der Waals surface area (Å²) in [5, 5.41) is 7.50. The van der Waals surface area contributed by atoms with Gasteiger partial charge in [0.15, 0.2) is 5.69 Å². The SMILES string of the molecule is Cc1cnc2c(c1)N(C(=O)c1cc(CC3CCCCN3)on1)CC2. The van der Waals surface area contributed by atoms with E-state index in [0.717, 1.165) is 48.5 Å². The molecular formula is C18H22N4O2. The topological polar surface area (TPSA) is 71.3 Å². The largest absolute Gasteiger partial charge is 0.361 e. The molecule has 126 valence electrons. The minimum absolute atomic E-state index is 0.104. The number of pyridine rings is 1. The van der Waals surface area contributed by atoms with E-state index in [1.165, 1.54) is 12.8 Å². The molecule has 1 N–H and O–H groups in total. The first-order valence-electron chi connectivity index (χ1n) is 8.67. The normalized spacial score (nSPS) is 20.2. The van der Waals surface area contributed by atoms with E-state index in [-0.39, 0.29) is 5.91 Å². The van der Waals surface area contributed by atoms with Gasteiger partial charge in [0.05, 0.1) is 11.4 Å². The second kappa shape index (κ2) is 6.36. The lowest BCUT2D eigenvalue weighted by molar-refractivity contribution is 0.0980. The molecule has 1 amide bonds. The van der Waals surface area contributed by atoms with Crippen LogP contribution in [0.5, 0.6) is 0 Å². The molecule has 2 aliphatic heterocycles. The van der Waals surface area contributed by atoms with E-state index < -0.39 is 0 Å². The summed E-state index contributed by atoms with van der Waals surface area (Å²) in [7, 11) is 0. The Morgan fingerprint density at radius 1 is 1.42 bits per heavy atom. The Hall–Kier alpha value is -2.21. The number of rotatable bonds is 3. The molecule has 4 heterocycles. The van der Waals surface area contributed by atoms with E-state index in [1.807, 2.05) is 19.2 Å². The lowest BCUT2D eigenvalue weighted by Crippen LogP contribution is -2.35. The Balaban J connectivity index is 1.49. The summed E-state index contributed by atoms with van der Waals surface area (Å²) in [5.74, 6) is 0.673. The van der Waals surface area contributed by atoms with Crippen molar-refractivity contribution in [1.29, 1.82) is 0 Å². The number of nitrogens with zero attached hydrogens (tertiary/aromatic N) is 3. The summed E-state index contributed by atoms with van der Waals surface area (Å²) >= 11 is 0. The van der Waals surface area contributed by atoms with Gasteiger partial charge in [-0.3, -0.25) is 9.78 Å². The number of fused-ring (bicyclic) bond motifs is 1. The fourth-order valence-corrected chi connectivity index (χ4v) is 3.55. The van der Waals surface area contributed by atoms with Crippen LogP contribution in [0.15, 0.2) is 22.9 Å². The molecule has 2 aromatic heterocycles. The predicted octanol–water partition coefficient (Wildman–Crippen LogP) is 2.27. The number of hydrogen-bond acceptors (Lipinski definition) is 5. The first kappa shape index (κ1) is 15.3. The Morgan fingerprint density at radius 3 is 3.17 bits per heavy atom. The third-order valence-corrected chi connectivity index (χ3v) is 4.83. The van der Waals surface area contributed by atoms with Gasteiger partial charge in [0.25, 0.3) is 5.91 Å². The first-order chi connectivity index (χ1) is 11.7. The van der Waals surface area contributed by atoms with Gasteiger partial charge in [-0.05, 0) is 37.9 Å². The highest BCUT2D eigenvalue weighted by atomic mass is 16.5. The molecule has 0 bridgehead atoms. The average molecular weight is 326 g/mol. The number of carbonyl (C=O) groups excluding carboxylic acids is 1. The van der Waals surface area contributed by atoms with Gasteiger partial charge in [-0.1, -0.05) is 11.6 Å². The minimum atomic E-state index is -0.104. The number of carbonyl (C=O) groups is 1. The number of aromatic nitrogens is 2. The zero-order chi connectivity index (χ0) is 16.5. The molecule has 1 atom stereocenters. The van der Waals surface area contributed by atoms with Gasteiger partial charge in [0, 0.05) is 37.7 Å². The second-order valence-electron chi connectivity index (χ2n) is 6.71. The van der Waals surface area contributed by atoms with Gasteiger partial charge in [0.2, 0.25) is 0 Å². The number of piperidine rings is 1. The Kier molecular flexibility index (Phi) is 4.06. The van der Waals surface area contributed by atoms with Gasteiger partial charge >= 0.3 is 0 Å². The zero-order valence-electron chi connectivity index (χ0n) is 13.9. The molecule has 24 heavy (non-hydrogen) atoms. The van der Waals surface area contributed by atoms with Crippen LogP contribution in [-0.2, 0) is 12.8 Å². The fraction of sp³-hybridized carbons (Fsp3) is 0.500. The van der Waals surface area contributed by atoms with E-state index in [1.54, 1.807) is 11.0 Å². The van der Waals surface area contributed by atoms with Crippen LogP contribution >= 0.6 is 0 Å². The van der Waals surface area contributed by atoms with Crippen LogP contribution in [0.4, 0.5) is 5.69 Å². The molecule has 0 radical (unpaired) electrons. The average Bonchev–Trinajstić information content (AvgIpc) is 3.22. The molecule has 0 saturated carbocycles. The third-order valence-electron chi connectivity index (χ3n) is 4.83. The number of nitrogens with one attached hydrogen (secondary N) is 1. The van der Waals surface area contributed by atoms with E-state index in [2.05, 4.69) is 15.5 Å². The van der Waals surface area contributed by atoms with Crippen LogP contribution in [-0.4, -0.2) is 35.2 Å². The maximum atomic E-state index is 12.8. The lowest BCUT2D eigenvalue weighted by Gasteiger charge is -2.21. The van der Waals surface area contributed by atoms with E-state index >= 15 is 0 Å². The molecule has 6 nitrogen and oxygen atoms in total. The number of amides is 1. The summed E-state index contributed by atoms with van der Waals surface area (Å²) in [6.07, 6.45) is 7.05. The monoisotopic (exact) mass is 326 g/mol. The Bertz CT molecular complexity index is 749. The molecule has 2 aromatic rings. The minimum Gasteiger partial charge on any atom is -0.361 e. The number of hydrogen-bond donors (Lipinski definition) is 1. The zero-order valence-corrected chi connectivity index (χ0v) is 13.9. The summed E-state index contributed by atoms with van der Waals surface area (Å²) in [6, 6.07) is 4.23. The van der Waals surface area contributed by atoms with Gasteiger partial charge in [-0.25, -0.2) is 0 Å². The van der Waals surface area contributed by atoms with Crippen LogP contribution in [0.3, 0.4) is 0 Å². The fourth-order valence-electron chi connectivity index (χ4n) is 3.55. The summed E-state index contributed by atoms with van der Waals surface area (Å²) in [5.41, 5.74) is 3.32. The molecular weight excluding hydrogens is 304 g/mol.